The highest BCUT2D eigenvalue weighted by molar-refractivity contribution is 6.02. The van der Waals surface area contributed by atoms with E-state index in [1.807, 2.05) is 0 Å². The number of primary amides is 1. The van der Waals surface area contributed by atoms with Crippen molar-refractivity contribution in [2.75, 3.05) is 6.54 Å². The maximum Gasteiger partial charge on any atom is 0.326 e. The molecule has 3 aromatic rings. The fourth-order valence-corrected chi connectivity index (χ4v) is 12.7. The number of carboxylic acids is 4. The van der Waals surface area contributed by atoms with Crippen LogP contribution < -0.4 is 91.2 Å². The number of hydrogen-bond acceptors (Lipinski definition) is 23. The Balaban J connectivity index is 1.55. The first-order chi connectivity index (χ1) is 58.2. The van der Waals surface area contributed by atoms with Crippen LogP contribution in [0.2, 0.25) is 0 Å². The Hall–Kier alpha value is -13.6. The number of aromatic hydroxyl groups is 2. The number of guanidine groups is 1. The van der Waals surface area contributed by atoms with E-state index in [1.165, 1.54) is 74.9 Å². The van der Waals surface area contributed by atoms with Crippen LogP contribution in [0.15, 0.2) is 61.1 Å². The average molecular weight is 1750 g/mol. The van der Waals surface area contributed by atoms with Crippen molar-refractivity contribution in [2.45, 2.75) is 250 Å². The third kappa shape index (κ3) is 37.2. The van der Waals surface area contributed by atoms with Gasteiger partial charge >= 0.3 is 23.9 Å². The average Bonchev–Trinajstić information content (AvgIpc) is 1.58. The smallest absolute Gasteiger partial charge is 0.326 e. The third-order valence-electron chi connectivity index (χ3n) is 19.2. The molecule has 1 saturated heterocycles. The summed E-state index contributed by atoms with van der Waals surface area (Å²) in [6.07, 6.45) is -3.87. The van der Waals surface area contributed by atoms with Gasteiger partial charge in [-0.3, -0.25) is 91.7 Å². The summed E-state index contributed by atoms with van der Waals surface area (Å²) in [7, 11) is 0. The van der Waals surface area contributed by atoms with Gasteiger partial charge in [-0.15, -0.1) is 0 Å². The molecule has 27 N–H and O–H groups in total. The Morgan fingerprint density at radius 1 is 0.444 bits per heavy atom. The number of H-pyrrole nitrogens is 1. The van der Waals surface area contributed by atoms with E-state index in [2.05, 4.69) is 89.7 Å². The van der Waals surface area contributed by atoms with Crippen LogP contribution in [0.3, 0.4) is 0 Å². The zero-order valence-electron chi connectivity index (χ0n) is 70.2. The number of carboxylic acid groups (broad SMARTS) is 4. The largest absolute Gasteiger partial charge is 0.508 e. The Kier molecular flexibility index (Phi) is 42.0. The quantitative estimate of drug-likeness (QED) is 0.0144. The molecule has 1 aliphatic rings. The molecule has 1 aromatic heterocycles. The van der Waals surface area contributed by atoms with Crippen molar-refractivity contribution in [1.82, 2.24) is 89.7 Å². The summed E-state index contributed by atoms with van der Waals surface area (Å²) < 4.78 is 0. The molecule has 4 rings (SSSR count). The van der Waals surface area contributed by atoms with Crippen LogP contribution in [0, 0.1) is 29.1 Å². The van der Waals surface area contributed by atoms with Crippen molar-refractivity contribution in [3.05, 3.63) is 77.9 Å². The number of amides is 15. The van der Waals surface area contributed by atoms with Crippen molar-refractivity contribution in [1.29, 1.82) is 5.41 Å². The molecule has 0 spiro atoms. The van der Waals surface area contributed by atoms with Crippen molar-refractivity contribution >= 4 is 118 Å². The van der Waals surface area contributed by atoms with Gasteiger partial charge in [0.1, 0.15) is 96.1 Å². The first-order valence-electron chi connectivity index (χ1n) is 40.2. The molecule has 15 amide bonds. The van der Waals surface area contributed by atoms with E-state index in [4.69, 9.17) is 16.9 Å². The molecule has 0 saturated carbocycles. The Bertz CT molecular complexity index is 4260. The molecule has 1 aliphatic heterocycles. The maximum atomic E-state index is 14.5. The van der Waals surface area contributed by atoms with Crippen molar-refractivity contribution in [2.24, 2.45) is 35.1 Å². The second-order valence-electron chi connectivity index (χ2n) is 31.7. The lowest BCUT2D eigenvalue weighted by molar-refractivity contribution is -0.142. The molecule has 45 nitrogen and oxygen atoms in total. The maximum absolute atomic E-state index is 14.5. The molecule has 45 heteroatoms. The number of hydrogen-bond donors (Lipinski definition) is 25. The summed E-state index contributed by atoms with van der Waals surface area (Å²) >= 11 is 0. The predicted molar refractivity (Wildman–Crippen MR) is 438 cm³/mol. The molecule has 0 bridgehead atoms. The van der Waals surface area contributed by atoms with E-state index in [9.17, 15) is 122 Å². The number of phenolic OH excluding ortho intramolecular Hbond substituents is 2. The summed E-state index contributed by atoms with van der Waals surface area (Å²) in [5.74, 6) is -24.7. The van der Waals surface area contributed by atoms with Gasteiger partial charge in [-0.25, -0.2) is 9.78 Å². The van der Waals surface area contributed by atoms with Crippen molar-refractivity contribution in [3.8, 4) is 11.5 Å². The van der Waals surface area contributed by atoms with Crippen LogP contribution in [0.25, 0.3) is 0 Å². The predicted octanol–water partition coefficient (Wildman–Crippen LogP) is -4.33. The molecule has 682 valence electrons. The molecular weight excluding hydrogens is 1630 g/mol. The summed E-state index contributed by atoms with van der Waals surface area (Å²) in [4.78, 5) is 265. The van der Waals surface area contributed by atoms with Crippen LogP contribution in [-0.2, 0) is 110 Å². The highest BCUT2D eigenvalue weighted by Gasteiger charge is 2.40. The molecule has 0 radical (unpaired) electrons. The number of phenols is 2. The number of aliphatic carboxylic acids is 4. The van der Waals surface area contributed by atoms with Crippen LogP contribution in [0.4, 0.5) is 0 Å². The van der Waals surface area contributed by atoms with Crippen LogP contribution in [0.5, 0.6) is 11.5 Å². The number of nitrogens with zero attached hydrogens (tertiary/aromatic N) is 1. The Morgan fingerprint density at radius 2 is 0.823 bits per heavy atom. The fourth-order valence-electron chi connectivity index (χ4n) is 12.7. The molecule has 14 atom stereocenters. The van der Waals surface area contributed by atoms with Gasteiger partial charge in [0.25, 0.3) is 0 Å². The van der Waals surface area contributed by atoms with Crippen LogP contribution >= 0.6 is 0 Å². The second-order valence-corrected chi connectivity index (χ2v) is 31.7. The third-order valence-corrected chi connectivity index (χ3v) is 19.2. The highest BCUT2D eigenvalue weighted by atomic mass is 16.4. The second kappa shape index (κ2) is 50.6. The number of imidazole rings is 1. The van der Waals surface area contributed by atoms with Gasteiger partial charge in [0, 0.05) is 57.0 Å². The number of benzene rings is 2. The minimum absolute atomic E-state index is 0.00657. The summed E-state index contributed by atoms with van der Waals surface area (Å²) in [5.41, 5.74) is 12.1. The van der Waals surface area contributed by atoms with Gasteiger partial charge in [0.2, 0.25) is 88.6 Å². The minimum Gasteiger partial charge on any atom is -0.508 e. The lowest BCUT2D eigenvalue weighted by Crippen LogP contribution is -2.61. The normalized spacial score (nSPS) is 15.5. The van der Waals surface area contributed by atoms with Crippen LogP contribution in [0.1, 0.15) is 163 Å². The molecule has 2 heterocycles. The fraction of sp³-hybridized carbons (Fsp3) is 0.557. The van der Waals surface area contributed by atoms with Gasteiger partial charge in [-0.1, -0.05) is 79.7 Å². The highest BCUT2D eigenvalue weighted by Crippen LogP contribution is 2.19. The Morgan fingerprint density at radius 3 is 1.22 bits per heavy atom. The Labute approximate surface area is 713 Å². The number of nitrogens with one attached hydrogen (secondary N) is 17. The first-order valence-corrected chi connectivity index (χ1v) is 40.2. The number of rotatable bonds is 54. The van der Waals surface area contributed by atoms with Gasteiger partial charge < -0.3 is 127 Å². The van der Waals surface area contributed by atoms with E-state index >= 15 is 0 Å². The van der Waals surface area contributed by atoms with Crippen LogP contribution in [-0.4, -0.2) is 250 Å². The van der Waals surface area contributed by atoms with E-state index in [-0.39, 0.29) is 88.2 Å². The lowest BCUT2D eigenvalue weighted by Gasteiger charge is -2.29. The SMILES string of the molecule is CC(C)C[C@H](NC(=O)[C@H](CCC(=O)O)NC(=O)[C@H](C)NC(=O)[C@@H](NC(=O)[C@H](CCCNC(=N)N)NC(=O)[C@H](CC(=O)O)NC(=O)[C@H](Cc1ccc(O)cc1)NC(=O)[C@@H]1CCC(=O)N1)C(C)C)C(=O)N[C@@H](CC(=O)O)C(=O)N[C@@H](CCC(N)=O)C(=O)N[C@@H](CC(C)C)C(=O)N[C@@H](CC(C)C)C(=O)N[C@@H](Cc1cnc[nH]1)C(=O)N[C@@H](Cc1ccc(O)cc1)C(=O)O. The zero-order chi connectivity index (χ0) is 92.9. The van der Waals surface area contributed by atoms with Gasteiger partial charge in [-0.05, 0) is 117 Å². The monoisotopic (exact) mass is 1740 g/mol. The number of carbonyl (C=O) groups is 19. The molecule has 124 heavy (non-hydrogen) atoms. The van der Waals surface area contributed by atoms with Gasteiger partial charge in [0.15, 0.2) is 5.96 Å². The molecule has 0 aliphatic carbocycles. The standard InChI is InChI=1S/C79H116N20O25/c1-37(2)27-51(70(115)93-53(29-39(5)6)71(116)95-55(32-44-35-83-36-85-44)74(119)98-58(78(123)124)31-43-14-18-46(101)19-15-43)91-67(112)49(20-23-59(80)102)90-76(121)57(34-63(108)109)96-72(117)52(28-38(3)4)92-68(113)50(22-25-61(104)105)88-65(110)41(9)86-77(122)64(40(7)8)99-69(114)47(11-10-26-84-79(81)82)89-75(120)56(33-62(106)107)97-73(118)54(30-42-12-16-45(100)17-13-42)94-66(111)48-21-24-60(103)87-48/h12-19,35-41,47-58,64,100-101H,10-11,20-34H2,1-9H3,(H2,80,102)(H,83,85)(H,86,122)(H,87,103)(H,88,110)(H,89,120)(H,90,121)(H,91,112)(H,92,113)(H,93,115)(H,94,111)(H,95,116)(H,96,117)(H,97,118)(H,98,119)(H,99,114)(H,104,105)(H,106,107)(H,108,109)(H,123,124)(H4,81,82,84)/t41-,47-,48-,49-,50-,51-,52-,53-,54-,55-,56-,57-,58-,64-/m0/s1. The number of aromatic amines is 1. The topological polar surface area (TPSA) is 731 Å². The lowest BCUT2D eigenvalue weighted by atomic mass is 9.99. The number of nitrogens with two attached hydrogens (primary N) is 2. The number of aromatic nitrogens is 2. The molecule has 1 fully saturated rings. The molecule has 2 aromatic carbocycles. The zero-order valence-corrected chi connectivity index (χ0v) is 70.2. The van der Waals surface area contributed by atoms with Crippen molar-refractivity contribution < 1.29 is 122 Å². The minimum atomic E-state index is -2.11. The van der Waals surface area contributed by atoms with Crippen molar-refractivity contribution in [3.63, 3.8) is 0 Å². The summed E-state index contributed by atoms with van der Waals surface area (Å²) in [5, 5.41) is 104. The van der Waals surface area contributed by atoms with E-state index in [0.29, 0.717) is 16.8 Å². The van der Waals surface area contributed by atoms with E-state index < -0.39 is 259 Å². The van der Waals surface area contributed by atoms with Gasteiger partial charge in [-0.2, -0.15) is 0 Å². The van der Waals surface area contributed by atoms with E-state index in [0.717, 1.165) is 6.92 Å². The number of carbonyl (C=O) groups excluding carboxylic acids is 15. The van der Waals surface area contributed by atoms with Gasteiger partial charge in [0.05, 0.1) is 19.2 Å². The first kappa shape index (κ1) is 103. The summed E-state index contributed by atoms with van der Waals surface area (Å²) in [6.45, 7) is 13.9. The summed E-state index contributed by atoms with van der Waals surface area (Å²) in [6, 6.07) is -11.9. The molecule has 0 unspecified atom stereocenters. The molecular formula is C79H116N20O25. The van der Waals surface area contributed by atoms with E-state index in [1.54, 1.807) is 41.5 Å².